The van der Waals surface area contributed by atoms with Gasteiger partial charge < -0.3 is 19.5 Å². The molecule has 0 spiro atoms. The number of rotatable bonds is 6. The van der Waals surface area contributed by atoms with Gasteiger partial charge >= 0.3 is 0 Å². The molecule has 3 aliphatic rings. The van der Waals surface area contributed by atoms with Crippen molar-refractivity contribution in [3.05, 3.63) is 59.3 Å². The Hall–Kier alpha value is -3.83. The number of nitrogens with one attached hydrogen (secondary N) is 1. The second-order valence-electron chi connectivity index (χ2n) is 10.0. The van der Waals surface area contributed by atoms with E-state index in [9.17, 15) is 10.1 Å². The molecule has 37 heavy (non-hydrogen) atoms. The van der Waals surface area contributed by atoms with Crippen LogP contribution in [-0.4, -0.2) is 60.8 Å². The van der Waals surface area contributed by atoms with Crippen LogP contribution >= 0.6 is 0 Å². The van der Waals surface area contributed by atoms with Crippen molar-refractivity contribution in [2.24, 2.45) is 0 Å². The Labute approximate surface area is 216 Å². The predicted molar refractivity (Wildman–Crippen MR) is 138 cm³/mol. The largest absolute Gasteiger partial charge is 0.497 e. The fourth-order valence-electron chi connectivity index (χ4n) is 6.17. The normalized spacial score (nSPS) is 22.4. The molecule has 3 aliphatic heterocycles. The Morgan fingerprint density at radius 1 is 1.14 bits per heavy atom. The number of pyridine rings is 1. The lowest BCUT2D eigenvalue weighted by molar-refractivity contribution is 0.0847. The Morgan fingerprint density at radius 3 is 2.68 bits per heavy atom. The summed E-state index contributed by atoms with van der Waals surface area (Å²) in [4.78, 5) is 20.1. The van der Waals surface area contributed by atoms with E-state index in [1.54, 1.807) is 25.4 Å². The van der Waals surface area contributed by atoms with Crippen molar-refractivity contribution < 1.29 is 19.0 Å². The zero-order valence-corrected chi connectivity index (χ0v) is 20.9. The van der Waals surface area contributed by atoms with E-state index in [0.717, 1.165) is 60.9 Å². The van der Waals surface area contributed by atoms with Crippen LogP contribution < -0.4 is 19.5 Å². The van der Waals surface area contributed by atoms with Crippen LogP contribution in [0.15, 0.2) is 42.6 Å². The number of amides is 1. The number of fused-ring (bicyclic) bond motifs is 4. The molecule has 0 aliphatic carbocycles. The molecule has 0 saturated carbocycles. The molecule has 2 bridgehead atoms. The van der Waals surface area contributed by atoms with E-state index >= 15 is 0 Å². The van der Waals surface area contributed by atoms with Crippen LogP contribution in [0.4, 0.5) is 0 Å². The molecular formula is C29H30N4O4. The second kappa shape index (κ2) is 9.91. The van der Waals surface area contributed by atoms with Gasteiger partial charge in [-0.1, -0.05) is 0 Å². The summed E-state index contributed by atoms with van der Waals surface area (Å²) in [7, 11) is 1.65. The number of carbonyl (C=O) groups excluding carboxylic acids is 1. The van der Waals surface area contributed by atoms with Crippen molar-refractivity contribution in [3.8, 4) is 23.3 Å². The van der Waals surface area contributed by atoms with Crippen molar-refractivity contribution >= 4 is 16.8 Å². The standard InChI is InChI=1S/C29H30N4O4/c1-35-23-5-6-26-25(15-23)24(19(16-30)17-31-26)8-9-33-21-3-4-22(33)14-20(13-21)32-29(34)18-2-7-27-28(12-18)37-11-10-36-27/h2,5-7,12,15,17,20-22H,3-4,8-11,13-14H2,1H3,(H,32,34). The molecule has 2 aromatic carbocycles. The third-order valence-corrected chi connectivity index (χ3v) is 7.95. The van der Waals surface area contributed by atoms with Crippen LogP contribution in [0.1, 0.15) is 47.2 Å². The van der Waals surface area contributed by atoms with Gasteiger partial charge in [0.2, 0.25) is 0 Å². The average molecular weight is 499 g/mol. The number of hydrogen-bond donors (Lipinski definition) is 1. The van der Waals surface area contributed by atoms with Crippen molar-refractivity contribution in [2.75, 3.05) is 26.9 Å². The number of nitrogens with zero attached hydrogens (tertiary/aromatic N) is 3. The lowest BCUT2D eigenvalue weighted by Crippen LogP contribution is -2.50. The van der Waals surface area contributed by atoms with Crippen molar-refractivity contribution in [2.45, 2.75) is 50.2 Å². The SMILES string of the molecule is COc1ccc2ncc(C#N)c(CCN3C4CCC3CC(NC(=O)c3ccc5c(c3)OCCO5)C4)c2c1. The Kier molecular flexibility index (Phi) is 6.31. The van der Waals surface area contributed by atoms with E-state index in [1.165, 1.54) is 0 Å². The highest BCUT2D eigenvalue weighted by atomic mass is 16.6. The first-order valence-corrected chi connectivity index (χ1v) is 12.9. The molecule has 2 saturated heterocycles. The van der Waals surface area contributed by atoms with E-state index in [2.05, 4.69) is 21.3 Å². The van der Waals surface area contributed by atoms with Crippen molar-refractivity contribution in [1.29, 1.82) is 5.26 Å². The number of ether oxygens (including phenoxy) is 3. The highest BCUT2D eigenvalue weighted by molar-refractivity contribution is 5.95. The highest BCUT2D eigenvalue weighted by Gasteiger charge is 2.41. The summed E-state index contributed by atoms with van der Waals surface area (Å²) < 4.78 is 16.6. The summed E-state index contributed by atoms with van der Waals surface area (Å²) in [5.41, 5.74) is 3.12. The number of methoxy groups -OCH3 is 1. The number of nitriles is 1. The second-order valence-corrected chi connectivity index (χ2v) is 10.0. The predicted octanol–water partition coefficient (Wildman–Crippen LogP) is 3.85. The number of aromatic nitrogens is 1. The first-order chi connectivity index (χ1) is 18.1. The molecule has 190 valence electrons. The van der Waals surface area contributed by atoms with Gasteiger partial charge in [-0.2, -0.15) is 5.26 Å². The maximum absolute atomic E-state index is 13.0. The molecule has 6 rings (SSSR count). The lowest BCUT2D eigenvalue weighted by atomic mass is 9.95. The topological polar surface area (TPSA) is 96.7 Å². The minimum absolute atomic E-state index is 0.0642. The molecule has 0 radical (unpaired) electrons. The van der Waals surface area contributed by atoms with E-state index in [4.69, 9.17) is 14.2 Å². The molecule has 8 nitrogen and oxygen atoms in total. The summed E-state index contributed by atoms with van der Waals surface area (Å²) in [6.45, 7) is 1.91. The van der Waals surface area contributed by atoms with E-state index in [-0.39, 0.29) is 11.9 Å². The summed E-state index contributed by atoms with van der Waals surface area (Å²) in [6.07, 6.45) is 6.59. The summed E-state index contributed by atoms with van der Waals surface area (Å²) in [6, 6.07) is 14.5. The summed E-state index contributed by atoms with van der Waals surface area (Å²) in [5.74, 6) is 2.02. The molecule has 8 heteroatoms. The Morgan fingerprint density at radius 2 is 1.92 bits per heavy atom. The molecule has 1 amide bonds. The van der Waals surface area contributed by atoms with Crippen molar-refractivity contribution in [1.82, 2.24) is 15.2 Å². The number of hydrogen-bond acceptors (Lipinski definition) is 7. The lowest BCUT2D eigenvalue weighted by Gasteiger charge is -2.39. The first kappa shape index (κ1) is 23.6. The van der Waals surface area contributed by atoms with E-state index in [0.29, 0.717) is 47.9 Å². The maximum atomic E-state index is 13.0. The minimum Gasteiger partial charge on any atom is -0.497 e. The monoisotopic (exact) mass is 498 g/mol. The number of benzene rings is 2. The maximum Gasteiger partial charge on any atom is 0.251 e. The number of carbonyl (C=O) groups is 1. The molecular weight excluding hydrogens is 468 g/mol. The van der Waals surface area contributed by atoms with E-state index in [1.807, 2.05) is 24.3 Å². The third-order valence-electron chi connectivity index (χ3n) is 7.95. The molecule has 2 fully saturated rings. The van der Waals surface area contributed by atoms with Crippen LogP contribution in [-0.2, 0) is 6.42 Å². The smallest absolute Gasteiger partial charge is 0.251 e. The van der Waals surface area contributed by atoms with Crippen molar-refractivity contribution in [3.63, 3.8) is 0 Å². The van der Waals surface area contributed by atoms with Gasteiger partial charge in [-0.15, -0.1) is 0 Å². The Balaban J connectivity index is 1.13. The van der Waals surface area contributed by atoms with Gasteiger partial charge in [-0.05, 0) is 74.1 Å². The van der Waals surface area contributed by atoms with Crippen LogP contribution in [0.25, 0.3) is 10.9 Å². The zero-order chi connectivity index (χ0) is 25.4. The minimum atomic E-state index is -0.0642. The quantitative estimate of drug-likeness (QED) is 0.551. The van der Waals surface area contributed by atoms with Crippen LogP contribution in [0, 0.1) is 11.3 Å². The molecule has 4 heterocycles. The highest BCUT2D eigenvalue weighted by Crippen LogP contribution is 2.37. The van der Waals surface area contributed by atoms with Gasteiger partial charge in [0.25, 0.3) is 5.91 Å². The van der Waals surface area contributed by atoms with Gasteiger partial charge in [-0.25, -0.2) is 0 Å². The number of piperidine rings is 1. The van der Waals surface area contributed by atoms with Gasteiger partial charge in [0.1, 0.15) is 25.0 Å². The van der Waals surface area contributed by atoms with Gasteiger partial charge in [0.15, 0.2) is 11.5 Å². The fraction of sp³-hybridized carbons (Fsp3) is 0.414. The van der Waals surface area contributed by atoms with Crippen LogP contribution in [0.2, 0.25) is 0 Å². The zero-order valence-electron chi connectivity index (χ0n) is 20.9. The molecule has 2 atom stereocenters. The average Bonchev–Trinajstić information content (AvgIpc) is 3.18. The van der Waals surface area contributed by atoms with Crippen LogP contribution in [0.3, 0.4) is 0 Å². The van der Waals surface area contributed by atoms with Gasteiger partial charge in [0, 0.05) is 41.8 Å². The summed E-state index contributed by atoms with van der Waals surface area (Å²) >= 11 is 0. The van der Waals surface area contributed by atoms with Gasteiger partial charge in [-0.3, -0.25) is 14.7 Å². The summed E-state index contributed by atoms with van der Waals surface area (Å²) in [5, 5.41) is 14.0. The fourth-order valence-corrected chi connectivity index (χ4v) is 6.17. The molecule has 1 N–H and O–H groups in total. The third kappa shape index (κ3) is 4.56. The van der Waals surface area contributed by atoms with Crippen LogP contribution in [0.5, 0.6) is 17.2 Å². The first-order valence-electron chi connectivity index (χ1n) is 12.9. The molecule has 1 aromatic heterocycles. The molecule has 3 aromatic rings. The van der Waals surface area contributed by atoms with E-state index < -0.39 is 0 Å². The van der Waals surface area contributed by atoms with Gasteiger partial charge in [0.05, 0.1) is 18.2 Å². The molecule has 2 unspecified atom stereocenters. The Bertz CT molecular complexity index is 1370.